The van der Waals surface area contributed by atoms with Crippen molar-refractivity contribution in [1.82, 2.24) is 9.55 Å². The predicted octanol–water partition coefficient (Wildman–Crippen LogP) is 3.84. The van der Waals surface area contributed by atoms with Crippen molar-refractivity contribution in [3.63, 3.8) is 0 Å². The summed E-state index contributed by atoms with van der Waals surface area (Å²) in [6.45, 7) is 3.54. The average Bonchev–Trinajstić information content (AvgIpc) is 3.42. The van der Waals surface area contributed by atoms with Crippen LogP contribution in [-0.4, -0.2) is 23.2 Å². The second-order valence-corrected chi connectivity index (χ2v) is 7.95. The molecular formula is C23H26N3O2S+. The molecule has 0 bridgehead atoms. The molecule has 0 unspecified atom stereocenters. The number of nitrogens with two attached hydrogens (primary N) is 1. The summed E-state index contributed by atoms with van der Waals surface area (Å²) in [5.41, 5.74) is 3.50. The molecule has 2 N–H and O–H groups in total. The first-order chi connectivity index (χ1) is 14.3. The van der Waals surface area contributed by atoms with Crippen molar-refractivity contribution in [2.45, 2.75) is 26.1 Å². The zero-order chi connectivity index (χ0) is 19.9. The van der Waals surface area contributed by atoms with Crippen LogP contribution >= 0.6 is 11.3 Å². The number of thiophene rings is 1. The molecule has 0 amide bonds. The van der Waals surface area contributed by atoms with E-state index in [1.54, 1.807) is 18.4 Å². The van der Waals surface area contributed by atoms with Gasteiger partial charge >= 0.3 is 0 Å². The molecule has 0 aliphatic carbocycles. The summed E-state index contributed by atoms with van der Waals surface area (Å²) in [5, 5.41) is 4.39. The molecule has 0 radical (unpaired) electrons. The molecular weight excluding hydrogens is 382 g/mol. The van der Waals surface area contributed by atoms with Gasteiger partial charge in [0.25, 0.3) is 0 Å². The summed E-state index contributed by atoms with van der Waals surface area (Å²) < 4.78 is 13.7. The van der Waals surface area contributed by atoms with E-state index in [0.717, 1.165) is 43.1 Å². The van der Waals surface area contributed by atoms with Crippen LogP contribution in [0, 0.1) is 0 Å². The zero-order valence-electron chi connectivity index (χ0n) is 16.6. The molecule has 6 heteroatoms. The van der Waals surface area contributed by atoms with Crippen LogP contribution in [0.4, 0.5) is 0 Å². The quantitative estimate of drug-likeness (QED) is 0.406. The van der Waals surface area contributed by atoms with Gasteiger partial charge in [-0.1, -0.05) is 18.2 Å². The van der Waals surface area contributed by atoms with E-state index in [-0.39, 0.29) is 0 Å². The first-order valence-electron chi connectivity index (χ1n) is 9.87. The molecule has 4 aromatic rings. The van der Waals surface area contributed by atoms with Gasteiger partial charge in [-0.05, 0) is 41.8 Å². The number of benzene rings is 2. The van der Waals surface area contributed by atoms with Crippen LogP contribution in [0.3, 0.4) is 0 Å². The van der Waals surface area contributed by atoms with Crippen molar-refractivity contribution < 1.29 is 14.8 Å². The maximum atomic E-state index is 5.91. The van der Waals surface area contributed by atoms with Gasteiger partial charge in [-0.2, -0.15) is 0 Å². The van der Waals surface area contributed by atoms with Crippen LogP contribution in [0.1, 0.15) is 16.9 Å². The highest BCUT2D eigenvalue weighted by atomic mass is 32.1. The number of quaternary nitrogens is 1. The minimum Gasteiger partial charge on any atom is -0.493 e. The van der Waals surface area contributed by atoms with Crippen molar-refractivity contribution in [2.24, 2.45) is 0 Å². The van der Waals surface area contributed by atoms with Gasteiger partial charge in [-0.3, -0.25) is 0 Å². The fourth-order valence-electron chi connectivity index (χ4n) is 3.36. The van der Waals surface area contributed by atoms with Crippen molar-refractivity contribution in [1.29, 1.82) is 0 Å². The Bertz CT molecular complexity index is 1040. The highest BCUT2D eigenvalue weighted by Gasteiger charge is 2.08. The van der Waals surface area contributed by atoms with Crippen molar-refractivity contribution in [3.8, 4) is 11.5 Å². The molecule has 0 spiro atoms. The second kappa shape index (κ2) is 9.58. The van der Waals surface area contributed by atoms with Gasteiger partial charge in [-0.15, -0.1) is 11.3 Å². The van der Waals surface area contributed by atoms with Crippen molar-refractivity contribution in [2.75, 3.05) is 13.7 Å². The molecule has 2 aromatic carbocycles. The van der Waals surface area contributed by atoms with Crippen LogP contribution in [0.15, 0.2) is 66.3 Å². The van der Waals surface area contributed by atoms with Crippen LogP contribution in [-0.2, 0) is 19.7 Å². The van der Waals surface area contributed by atoms with E-state index < -0.39 is 0 Å². The average molecular weight is 409 g/mol. The molecule has 0 saturated heterocycles. The second-order valence-electron chi connectivity index (χ2n) is 6.91. The third-order valence-corrected chi connectivity index (χ3v) is 5.74. The number of aromatic nitrogens is 2. The van der Waals surface area contributed by atoms with Gasteiger partial charge in [0.1, 0.15) is 13.2 Å². The highest BCUT2D eigenvalue weighted by Crippen LogP contribution is 2.29. The van der Waals surface area contributed by atoms with E-state index in [1.165, 1.54) is 16.0 Å². The normalized spacial score (nSPS) is 11.1. The Hall–Kier alpha value is -2.83. The predicted molar refractivity (Wildman–Crippen MR) is 116 cm³/mol. The fourth-order valence-corrected chi connectivity index (χ4v) is 3.98. The Labute approximate surface area is 174 Å². The summed E-state index contributed by atoms with van der Waals surface area (Å²) in [7, 11) is 1.69. The molecule has 2 aromatic heterocycles. The van der Waals surface area contributed by atoms with E-state index in [2.05, 4.69) is 56.6 Å². The maximum absolute atomic E-state index is 5.91. The molecule has 0 saturated carbocycles. The number of methoxy groups -OCH3 is 1. The van der Waals surface area contributed by atoms with Gasteiger partial charge < -0.3 is 19.4 Å². The minimum atomic E-state index is 0.572. The number of aryl methyl sites for hydroxylation is 1. The molecule has 0 aliphatic heterocycles. The largest absolute Gasteiger partial charge is 0.493 e. The molecule has 4 rings (SSSR count). The van der Waals surface area contributed by atoms with E-state index >= 15 is 0 Å². The van der Waals surface area contributed by atoms with Crippen LogP contribution < -0.4 is 14.8 Å². The lowest BCUT2D eigenvalue weighted by Gasteiger charge is -2.11. The molecule has 2 heterocycles. The van der Waals surface area contributed by atoms with Gasteiger partial charge in [0, 0.05) is 23.4 Å². The summed E-state index contributed by atoms with van der Waals surface area (Å²) in [4.78, 5) is 5.66. The smallest absolute Gasteiger partial charge is 0.161 e. The summed E-state index contributed by atoms with van der Waals surface area (Å²) >= 11 is 1.70. The number of hydrogen-bond acceptors (Lipinski definition) is 4. The highest BCUT2D eigenvalue weighted by molar-refractivity contribution is 7.09. The summed E-state index contributed by atoms with van der Waals surface area (Å²) in [6.07, 6.45) is 3.03. The van der Waals surface area contributed by atoms with E-state index in [4.69, 9.17) is 9.47 Å². The fraction of sp³-hybridized carbons (Fsp3) is 0.261. The van der Waals surface area contributed by atoms with Gasteiger partial charge in [0.05, 0.1) is 31.0 Å². The Balaban J connectivity index is 1.25. The van der Waals surface area contributed by atoms with Gasteiger partial charge in [0.15, 0.2) is 11.5 Å². The Morgan fingerprint density at radius 1 is 1.07 bits per heavy atom. The van der Waals surface area contributed by atoms with Gasteiger partial charge in [0.2, 0.25) is 0 Å². The topological polar surface area (TPSA) is 52.9 Å². The number of fused-ring (bicyclic) bond motifs is 1. The number of hydrogen-bond donors (Lipinski definition) is 1. The summed E-state index contributed by atoms with van der Waals surface area (Å²) in [5.74, 6) is 1.58. The lowest BCUT2D eigenvalue weighted by atomic mass is 10.2. The van der Waals surface area contributed by atoms with E-state index in [0.29, 0.717) is 6.61 Å². The van der Waals surface area contributed by atoms with Crippen LogP contribution in [0.25, 0.3) is 11.0 Å². The zero-order valence-corrected chi connectivity index (χ0v) is 17.4. The number of ether oxygens (including phenoxy) is 2. The number of nitrogens with zero attached hydrogens (tertiary/aromatic N) is 2. The Kier molecular flexibility index (Phi) is 6.44. The van der Waals surface area contributed by atoms with Crippen LogP contribution in [0.2, 0.25) is 0 Å². The molecule has 0 atom stereocenters. The third-order valence-electron chi connectivity index (χ3n) is 4.89. The molecule has 0 aliphatic rings. The third kappa shape index (κ3) is 4.96. The van der Waals surface area contributed by atoms with Crippen molar-refractivity contribution in [3.05, 3.63) is 76.7 Å². The lowest BCUT2D eigenvalue weighted by molar-refractivity contribution is -0.671. The summed E-state index contributed by atoms with van der Waals surface area (Å²) in [6, 6.07) is 18.6. The number of imidazole rings is 1. The first kappa shape index (κ1) is 19.5. The van der Waals surface area contributed by atoms with E-state index in [1.807, 2.05) is 24.5 Å². The van der Waals surface area contributed by atoms with Gasteiger partial charge in [-0.25, -0.2) is 4.98 Å². The molecule has 5 nitrogen and oxygen atoms in total. The monoisotopic (exact) mass is 408 g/mol. The standard InChI is InChI=1S/C23H25N3O2S/c1-27-23-14-18(9-10-22(23)28-16-19-6-4-13-29-19)15-24-11-5-12-26-17-25-20-7-2-3-8-21(20)26/h2-4,6-10,13-14,17,24H,5,11-12,15-16H2,1H3/p+1. The minimum absolute atomic E-state index is 0.572. The maximum Gasteiger partial charge on any atom is 0.161 e. The number of para-hydroxylation sites is 2. The van der Waals surface area contributed by atoms with Crippen LogP contribution in [0.5, 0.6) is 11.5 Å². The lowest BCUT2D eigenvalue weighted by Crippen LogP contribution is -2.82. The van der Waals surface area contributed by atoms with E-state index in [9.17, 15) is 0 Å². The molecule has 0 fully saturated rings. The molecule has 150 valence electrons. The van der Waals surface area contributed by atoms with Crippen molar-refractivity contribution >= 4 is 22.4 Å². The number of rotatable bonds is 10. The molecule has 29 heavy (non-hydrogen) atoms. The first-order valence-corrected chi connectivity index (χ1v) is 10.7. The SMILES string of the molecule is COc1cc(C[NH2+]CCCn2cnc3ccccc32)ccc1OCc1cccs1. The Morgan fingerprint density at radius 3 is 2.86 bits per heavy atom. The Morgan fingerprint density at radius 2 is 2.00 bits per heavy atom.